The summed E-state index contributed by atoms with van der Waals surface area (Å²) in [7, 11) is 0. The van der Waals surface area contributed by atoms with E-state index in [0.717, 1.165) is 12.5 Å². The third kappa shape index (κ3) is 12.6. The smallest absolute Gasteiger partial charge is 0.0793 e. The van der Waals surface area contributed by atoms with Crippen LogP contribution in [0.4, 0.5) is 0 Å². The Morgan fingerprint density at radius 3 is 2.20 bits per heavy atom. The third-order valence-electron chi connectivity index (χ3n) is 2.41. The Hall–Kier alpha value is 0.680. The summed E-state index contributed by atoms with van der Waals surface area (Å²) in [5.74, 6) is 0.983. The van der Waals surface area contributed by atoms with E-state index in [4.69, 9.17) is 4.52 Å². The summed E-state index contributed by atoms with van der Waals surface area (Å²) in [5.41, 5.74) is 0. The first-order valence-corrected chi connectivity index (χ1v) is 9.76. The molecule has 90 valence electrons. The number of hydrogen-bond acceptors (Lipinski definition) is 1. The van der Waals surface area contributed by atoms with Crippen LogP contribution in [0.1, 0.15) is 52.4 Å². The molecule has 1 fully saturated rings. The maximum Gasteiger partial charge on any atom is 0.0793 e. The Labute approximate surface area is 110 Å². The molecule has 0 aromatic rings. The molecule has 1 nitrogen and oxygen atoms in total. The molecule has 1 rings (SSSR count). The third-order valence-corrected chi connectivity index (χ3v) is 3.65. The fraction of sp³-hybridized carbons (Fsp3) is 0.833. The summed E-state index contributed by atoms with van der Waals surface area (Å²) in [5, 5.41) is 0. The predicted octanol–water partition coefficient (Wildman–Crippen LogP) is 5.19. The van der Waals surface area contributed by atoms with Gasteiger partial charge in [-0.05, 0) is 34.4 Å². The van der Waals surface area contributed by atoms with Gasteiger partial charge in [-0.2, -0.15) is 0 Å². The first-order valence-electron chi connectivity index (χ1n) is 5.74. The van der Waals surface area contributed by atoms with E-state index in [2.05, 4.69) is 34.9 Å². The molecule has 1 saturated carbocycles. The topological polar surface area (TPSA) is 9.23 Å². The minimum absolute atomic E-state index is 0.649. The van der Waals surface area contributed by atoms with Gasteiger partial charge in [-0.15, -0.1) is 12.8 Å². The van der Waals surface area contributed by atoms with Crippen LogP contribution in [0.15, 0.2) is 0 Å². The van der Waals surface area contributed by atoms with Crippen LogP contribution in [0.3, 0.4) is 0 Å². The zero-order chi connectivity index (χ0) is 11.9. The molecule has 0 radical (unpaired) electrons. The molecular formula is C12H24IOP. The van der Waals surface area contributed by atoms with Gasteiger partial charge in [-0.25, -0.2) is 0 Å². The molecule has 0 heterocycles. The molecule has 3 heteroatoms. The number of rotatable bonds is 4. The SMILES string of the molecule is C#C.CC.IPOCCC1CCCCC1. The molecule has 0 bridgehead atoms. The van der Waals surface area contributed by atoms with Crippen LogP contribution >= 0.6 is 28.5 Å². The van der Waals surface area contributed by atoms with Crippen molar-refractivity contribution in [3.05, 3.63) is 0 Å². The summed E-state index contributed by atoms with van der Waals surface area (Å²) in [6.45, 7) is 5.64. The van der Waals surface area contributed by atoms with Crippen LogP contribution in [0.2, 0.25) is 0 Å². The standard InChI is InChI=1S/C8H16IOP.C2H6.C2H2/c9-11-10-7-6-8-4-2-1-3-5-8;2*1-2/h8,11H,1-7H2;1-2H3;1-2H. The van der Waals surface area contributed by atoms with Gasteiger partial charge in [0.05, 0.1) is 13.1 Å². The maximum atomic E-state index is 5.35. The van der Waals surface area contributed by atoms with Gasteiger partial charge in [-0.3, -0.25) is 0 Å². The van der Waals surface area contributed by atoms with Crippen LogP contribution in [-0.4, -0.2) is 6.61 Å². The van der Waals surface area contributed by atoms with E-state index >= 15 is 0 Å². The quantitative estimate of drug-likeness (QED) is 0.296. The Balaban J connectivity index is 0. The van der Waals surface area contributed by atoms with Gasteiger partial charge in [0.15, 0.2) is 0 Å². The van der Waals surface area contributed by atoms with Gasteiger partial charge in [0.1, 0.15) is 0 Å². The molecule has 1 atom stereocenters. The summed E-state index contributed by atoms with van der Waals surface area (Å²) in [4.78, 5) is 0. The normalized spacial score (nSPS) is 16.3. The van der Waals surface area contributed by atoms with Crippen molar-refractivity contribution in [1.29, 1.82) is 0 Å². The maximum absolute atomic E-state index is 5.35. The molecule has 0 aromatic heterocycles. The van der Waals surface area contributed by atoms with Crippen LogP contribution in [0.5, 0.6) is 0 Å². The van der Waals surface area contributed by atoms with Crippen molar-refractivity contribution in [2.75, 3.05) is 6.61 Å². The van der Waals surface area contributed by atoms with Crippen LogP contribution in [-0.2, 0) is 4.52 Å². The first-order chi connectivity index (χ1) is 7.43. The predicted molar refractivity (Wildman–Crippen MR) is 80.7 cm³/mol. The molecule has 1 aliphatic rings. The Morgan fingerprint density at radius 1 is 1.20 bits per heavy atom. The van der Waals surface area contributed by atoms with Crippen LogP contribution in [0.25, 0.3) is 0 Å². The zero-order valence-electron chi connectivity index (χ0n) is 9.97. The van der Waals surface area contributed by atoms with Gasteiger partial charge >= 0.3 is 0 Å². The Kier molecular flexibility index (Phi) is 20.6. The second kappa shape index (κ2) is 17.1. The van der Waals surface area contributed by atoms with Crippen molar-refractivity contribution in [3.63, 3.8) is 0 Å². The zero-order valence-corrected chi connectivity index (χ0v) is 13.1. The van der Waals surface area contributed by atoms with Crippen molar-refractivity contribution in [2.24, 2.45) is 5.92 Å². The van der Waals surface area contributed by atoms with Gasteiger partial charge in [0.25, 0.3) is 0 Å². The van der Waals surface area contributed by atoms with E-state index in [0.29, 0.717) is 6.45 Å². The molecule has 0 amide bonds. The van der Waals surface area contributed by atoms with Crippen molar-refractivity contribution >= 4 is 28.5 Å². The van der Waals surface area contributed by atoms with Gasteiger partial charge < -0.3 is 4.52 Å². The average molecular weight is 342 g/mol. The fourth-order valence-corrected chi connectivity index (χ4v) is 2.60. The number of halogens is 1. The second-order valence-corrected chi connectivity index (χ2v) is 4.98. The molecule has 0 aliphatic heterocycles. The summed E-state index contributed by atoms with van der Waals surface area (Å²) in [6, 6.07) is 0. The lowest BCUT2D eigenvalue weighted by atomic mass is 9.87. The van der Waals surface area contributed by atoms with Crippen molar-refractivity contribution in [2.45, 2.75) is 52.4 Å². The van der Waals surface area contributed by atoms with Crippen molar-refractivity contribution in [3.8, 4) is 12.8 Å². The van der Waals surface area contributed by atoms with Crippen molar-refractivity contribution in [1.82, 2.24) is 0 Å². The molecule has 0 saturated heterocycles. The van der Waals surface area contributed by atoms with E-state index in [-0.39, 0.29) is 0 Å². The Morgan fingerprint density at radius 2 is 1.73 bits per heavy atom. The monoisotopic (exact) mass is 342 g/mol. The lowest BCUT2D eigenvalue weighted by Gasteiger charge is -2.20. The Bertz CT molecular complexity index is 122. The molecule has 0 spiro atoms. The van der Waals surface area contributed by atoms with Crippen LogP contribution < -0.4 is 0 Å². The van der Waals surface area contributed by atoms with E-state index < -0.39 is 0 Å². The lowest BCUT2D eigenvalue weighted by molar-refractivity contribution is 0.269. The largest absolute Gasteiger partial charge is 0.352 e. The molecule has 0 aromatic carbocycles. The highest BCUT2D eigenvalue weighted by Gasteiger charge is 2.12. The van der Waals surface area contributed by atoms with E-state index in [1.807, 2.05) is 13.8 Å². The number of terminal acetylenes is 1. The van der Waals surface area contributed by atoms with E-state index in [1.165, 1.54) is 38.5 Å². The van der Waals surface area contributed by atoms with Gasteiger partial charge in [0.2, 0.25) is 0 Å². The van der Waals surface area contributed by atoms with Crippen molar-refractivity contribution < 1.29 is 4.52 Å². The minimum Gasteiger partial charge on any atom is -0.352 e. The van der Waals surface area contributed by atoms with E-state index in [1.54, 1.807) is 0 Å². The number of hydrogen-bond donors (Lipinski definition) is 0. The summed E-state index contributed by atoms with van der Waals surface area (Å²) in [6.07, 6.45) is 16.6. The average Bonchev–Trinajstić information content (AvgIpc) is 2.36. The van der Waals surface area contributed by atoms with Gasteiger partial charge in [-0.1, -0.05) is 46.0 Å². The highest BCUT2D eigenvalue weighted by molar-refractivity contribution is 14.2. The minimum atomic E-state index is 0.649. The highest BCUT2D eigenvalue weighted by atomic mass is 127. The summed E-state index contributed by atoms with van der Waals surface area (Å²) >= 11 is 2.29. The molecular weight excluding hydrogens is 318 g/mol. The molecule has 15 heavy (non-hydrogen) atoms. The van der Waals surface area contributed by atoms with Gasteiger partial charge in [0, 0.05) is 0 Å². The highest BCUT2D eigenvalue weighted by Crippen LogP contribution is 2.28. The van der Waals surface area contributed by atoms with Crippen LogP contribution in [0, 0.1) is 18.8 Å². The summed E-state index contributed by atoms with van der Waals surface area (Å²) < 4.78 is 5.35. The fourth-order valence-electron chi connectivity index (χ4n) is 1.74. The lowest BCUT2D eigenvalue weighted by Crippen LogP contribution is -2.07. The first kappa shape index (κ1) is 18.1. The second-order valence-electron chi connectivity index (χ2n) is 3.22. The van der Waals surface area contributed by atoms with E-state index in [9.17, 15) is 0 Å². The molecule has 1 unspecified atom stereocenters. The molecule has 0 N–H and O–H groups in total. The molecule has 1 aliphatic carbocycles.